The summed E-state index contributed by atoms with van der Waals surface area (Å²) in [6.07, 6.45) is 3.51. The van der Waals surface area contributed by atoms with Crippen molar-refractivity contribution in [2.24, 2.45) is 0 Å². The smallest absolute Gasteiger partial charge is 2.00 e. The van der Waals surface area contributed by atoms with Crippen LogP contribution in [0.4, 0.5) is 0 Å². The number of pyridine rings is 2. The summed E-state index contributed by atoms with van der Waals surface area (Å²) in [6.45, 7) is 12.5. The van der Waals surface area contributed by atoms with Crippen LogP contribution in [0.2, 0.25) is 0 Å². The third kappa shape index (κ3) is 34.5. The van der Waals surface area contributed by atoms with E-state index in [4.69, 9.17) is 0 Å². The first-order valence-electron chi connectivity index (χ1n) is 6.95. The van der Waals surface area contributed by atoms with Gasteiger partial charge >= 0.3 is 124 Å². The van der Waals surface area contributed by atoms with Gasteiger partial charge in [0.15, 0.2) is 0 Å². The van der Waals surface area contributed by atoms with Gasteiger partial charge in [-0.05, 0) is 11.8 Å². The van der Waals surface area contributed by atoms with Gasteiger partial charge in [0.2, 0.25) is 0 Å². The average molecular weight is 547 g/mol. The van der Waals surface area contributed by atoms with Gasteiger partial charge in [-0.2, -0.15) is 0 Å². The maximum atomic E-state index is 3.92. The van der Waals surface area contributed by atoms with Crippen LogP contribution in [0.3, 0.4) is 0 Å². The fraction of sp³-hybridized carbons (Fsp3) is 0.333. The van der Waals surface area contributed by atoms with E-state index in [0.717, 1.165) is 9.18 Å². The van der Waals surface area contributed by atoms with Crippen LogP contribution in [-0.2, 0) is 0 Å². The van der Waals surface area contributed by atoms with E-state index in [0.29, 0.717) is 0 Å². The summed E-state index contributed by atoms with van der Waals surface area (Å²) in [6, 6.07) is 11.5. The molecule has 0 bridgehead atoms. The molecule has 0 amide bonds. The molecule has 0 aliphatic carbocycles. The quantitative estimate of drug-likeness (QED) is 0.475. The van der Waals surface area contributed by atoms with Crippen molar-refractivity contribution in [3.63, 3.8) is 0 Å². The molecule has 4 radical (unpaired) electrons. The van der Waals surface area contributed by atoms with Crippen molar-refractivity contribution in [1.29, 1.82) is 0 Å². The SMILES string of the molecule is C[C](C)C.C[C](C)C.[Se-]c1ccccn1.[Se-]c1ccccn1.[Sn+2]. The van der Waals surface area contributed by atoms with Crippen LogP contribution in [0.1, 0.15) is 41.5 Å². The molecule has 0 fully saturated rings. The molecule has 0 aromatic carbocycles. The molecule has 2 nitrogen and oxygen atoms in total. The number of hydrogen-bond acceptors (Lipinski definition) is 2. The fourth-order valence-electron chi connectivity index (χ4n) is 0.694. The van der Waals surface area contributed by atoms with E-state index >= 15 is 0 Å². The Kier molecular flexibility index (Phi) is 24.5. The average Bonchev–Trinajstić information content (AvgIpc) is 2.40. The monoisotopic (exact) mass is 550 g/mol. The molecule has 0 N–H and O–H groups in total. The first-order valence-corrected chi connectivity index (χ1v) is 8.66. The molecule has 2 aromatic rings. The Morgan fingerprint density at radius 3 is 1.00 bits per heavy atom. The van der Waals surface area contributed by atoms with Gasteiger partial charge in [-0.1, -0.05) is 41.5 Å². The standard InChI is InChI=1S/2C5H5NSe.2C4H9.Sn/c2*7-5-3-1-2-4-6-5;2*1-4(2)3;/h2*1-4H,(H,6,7);2*1-3H3;/q;;;;+2/p-2. The molecule has 0 unspecified atom stereocenters. The van der Waals surface area contributed by atoms with Crippen LogP contribution < -0.4 is 9.18 Å². The Labute approximate surface area is 176 Å². The van der Waals surface area contributed by atoms with Crippen molar-refractivity contribution in [2.45, 2.75) is 41.5 Å². The van der Waals surface area contributed by atoms with E-state index < -0.39 is 0 Å². The minimum atomic E-state index is 0. The largest absolute Gasteiger partial charge is 2.00 e. The summed E-state index contributed by atoms with van der Waals surface area (Å²) in [7, 11) is 0. The normalized spacial score (nSPS) is 8.35. The van der Waals surface area contributed by atoms with Gasteiger partial charge in [0.1, 0.15) is 0 Å². The van der Waals surface area contributed by atoms with E-state index in [1.807, 2.05) is 36.4 Å². The predicted octanol–water partition coefficient (Wildman–Crippen LogP) is 2.61. The van der Waals surface area contributed by atoms with Crippen molar-refractivity contribution < 1.29 is 0 Å². The van der Waals surface area contributed by atoms with Crippen molar-refractivity contribution in [3.05, 3.63) is 60.6 Å². The zero-order valence-corrected chi connectivity index (χ0v) is 21.1. The van der Waals surface area contributed by atoms with Crippen LogP contribution in [0.15, 0.2) is 48.8 Å². The molecule has 2 heterocycles. The molecule has 0 atom stereocenters. The van der Waals surface area contributed by atoms with Crippen molar-refractivity contribution in [1.82, 2.24) is 9.97 Å². The van der Waals surface area contributed by atoms with Crippen LogP contribution >= 0.6 is 0 Å². The number of aromatic nitrogens is 2. The third-order valence-electron chi connectivity index (χ3n) is 1.28. The van der Waals surface area contributed by atoms with Gasteiger partial charge < -0.3 is 0 Å². The van der Waals surface area contributed by atoms with Gasteiger partial charge in [-0.25, -0.2) is 0 Å². The molecule has 23 heavy (non-hydrogen) atoms. The number of nitrogens with zero attached hydrogens (tertiary/aromatic N) is 2. The second-order valence-corrected chi connectivity index (χ2v) is 7.09. The zero-order valence-electron chi connectivity index (χ0n) is 14.8. The van der Waals surface area contributed by atoms with E-state index in [1.54, 1.807) is 12.4 Å². The Bertz CT molecular complexity index is 388. The number of rotatable bonds is 0. The Balaban J connectivity index is -0.000000238. The van der Waals surface area contributed by atoms with Crippen molar-refractivity contribution in [2.75, 3.05) is 0 Å². The predicted molar refractivity (Wildman–Crippen MR) is 106 cm³/mol. The molecule has 2 rings (SSSR count). The summed E-state index contributed by atoms with van der Waals surface area (Å²) in [5.41, 5.74) is 0. The Hall–Kier alpha value is 0.138. The molecule has 0 aliphatic rings. The first-order chi connectivity index (χ1) is 10.3. The Morgan fingerprint density at radius 1 is 0.652 bits per heavy atom. The molecular weight excluding hydrogens is 521 g/mol. The molecule has 0 spiro atoms. The maximum absolute atomic E-state index is 3.92. The van der Waals surface area contributed by atoms with Crippen molar-refractivity contribution in [3.8, 4) is 0 Å². The summed E-state index contributed by atoms with van der Waals surface area (Å²) in [4.78, 5) is 7.85. The third-order valence-corrected chi connectivity index (χ3v) is 2.29. The summed E-state index contributed by atoms with van der Waals surface area (Å²) < 4.78 is 1.89. The van der Waals surface area contributed by atoms with Crippen LogP contribution in [0, 0.1) is 11.8 Å². The zero-order chi connectivity index (χ0) is 17.4. The van der Waals surface area contributed by atoms with Crippen molar-refractivity contribution >= 4 is 65.1 Å². The second kappa shape index (κ2) is 20.2. The minimum absolute atomic E-state index is 0. The molecule has 5 heteroatoms. The fourth-order valence-corrected chi connectivity index (χ4v) is 1.28. The van der Waals surface area contributed by atoms with E-state index in [2.05, 4.69) is 83.5 Å². The molecule has 0 saturated carbocycles. The van der Waals surface area contributed by atoms with Crippen LogP contribution in [-0.4, -0.2) is 65.9 Å². The van der Waals surface area contributed by atoms with Gasteiger partial charge in [0, 0.05) is 0 Å². The summed E-state index contributed by atoms with van der Waals surface area (Å²) in [5, 5.41) is 0. The summed E-state index contributed by atoms with van der Waals surface area (Å²) >= 11 is 5.58. The first kappa shape index (κ1) is 28.0. The van der Waals surface area contributed by atoms with Gasteiger partial charge in [0.25, 0.3) is 0 Å². The second-order valence-electron chi connectivity index (χ2n) is 5.34. The molecule has 0 saturated heterocycles. The van der Waals surface area contributed by atoms with E-state index in [9.17, 15) is 0 Å². The minimum Gasteiger partial charge on any atom is 2.00 e. The van der Waals surface area contributed by atoms with Crippen LogP contribution in [0.5, 0.6) is 0 Å². The molecule has 124 valence electrons. The Morgan fingerprint density at radius 2 is 0.913 bits per heavy atom. The molecule has 2 aromatic heterocycles. The van der Waals surface area contributed by atoms with Gasteiger partial charge in [-0.15, -0.1) is 0 Å². The molecule has 0 aliphatic heterocycles. The van der Waals surface area contributed by atoms with E-state index in [-0.39, 0.29) is 23.9 Å². The van der Waals surface area contributed by atoms with E-state index in [1.165, 1.54) is 11.8 Å². The summed E-state index contributed by atoms with van der Waals surface area (Å²) in [5.74, 6) is 2.83. The molecular formula is C18H26N2Se2Sn. The maximum Gasteiger partial charge on any atom is 2.00 e. The van der Waals surface area contributed by atoms with Gasteiger partial charge in [-0.3, -0.25) is 0 Å². The van der Waals surface area contributed by atoms with Gasteiger partial charge in [0.05, 0.1) is 0 Å². The topological polar surface area (TPSA) is 25.8 Å². The number of hydrogen-bond donors (Lipinski definition) is 0. The van der Waals surface area contributed by atoms with Crippen LogP contribution in [0.25, 0.3) is 0 Å².